The molecule has 74 valence electrons. The molecule has 0 aromatic heterocycles. The molecule has 0 amide bonds. The molecular formula is C7H18O4Si. The second-order valence-corrected chi connectivity index (χ2v) is 4.98. The zero-order chi connectivity index (χ0) is 9.61. The summed E-state index contributed by atoms with van der Waals surface area (Å²) in [5.41, 5.74) is 0. The van der Waals surface area contributed by atoms with Crippen LogP contribution in [0, 0.1) is 0 Å². The van der Waals surface area contributed by atoms with E-state index in [9.17, 15) is 0 Å². The molecule has 5 heteroatoms. The Bertz CT molecular complexity index is 112. The van der Waals surface area contributed by atoms with Gasteiger partial charge in [-0.2, -0.15) is 0 Å². The minimum Gasteiger partial charge on any atom is -0.374 e. The molecule has 0 aromatic carbocycles. The summed E-state index contributed by atoms with van der Waals surface area (Å²) >= 11 is 0. The van der Waals surface area contributed by atoms with Gasteiger partial charge in [0.1, 0.15) is 6.29 Å². The van der Waals surface area contributed by atoms with Crippen LogP contribution in [-0.2, 0) is 13.3 Å². The van der Waals surface area contributed by atoms with Crippen molar-refractivity contribution in [2.45, 2.75) is 33.6 Å². The van der Waals surface area contributed by atoms with Crippen molar-refractivity contribution >= 4 is 8.80 Å². The Morgan fingerprint density at radius 2 is 1.67 bits per heavy atom. The van der Waals surface area contributed by atoms with E-state index in [0.29, 0.717) is 13.2 Å². The summed E-state index contributed by atoms with van der Waals surface area (Å²) in [6.45, 7) is 8.13. The van der Waals surface area contributed by atoms with Gasteiger partial charge in [0, 0.05) is 19.8 Å². The lowest BCUT2D eigenvalue weighted by Gasteiger charge is -2.26. The van der Waals surface area contributed by atoms with E-state index in [2.05, 4.69) is 0 Å². The summed E-state index contributed by atoms with van der Waals surface area (Å²) in [6.07, 6.45) is -0.834. The van der Waals surface area contributed by atoms with Crippen molar-refractivity contribution in [3.8, 4) is 0 Å². The zero-order valence-corrected chi connectivity index (χ0v) is 9.16. The highest BCUT2D eigenvalue weighted by molar-refractivity contribution is 6.59. The molecule has 1 atom stereocenters. The Morgan fingerprint density at radius 3 is 1.92 bits per heavy atom. The van der Waals surface area contributed by atoms with Crippen molar-refractivity contribution < 1.29 is 18.4 Å². The summed E-state index contributed by atoms with van der Waals surface area (Å²) in [5.74, 6) is 0. The predicted octanol–water partition coefficient (Wildman–Crippen LogP) is 0.983. The number of aliphatic hydroxyl groups excluding tert-OH is 1. The minimum atomic E-state index is -2.56. The lowest BCUT2D eigenvalue weighted by atomic mass is 10.8. The van der Waals surface area contributed by atoms with Crippen molar-refractivity contribution in [1.82, 2.24) is 0 Å². The second kappa shape index (κ2) is 5.66. The van der Waals surface area contributed by atoms with Gasteiger partial charge in [0.2, 0.25) is 0 Å². The maximum absolute atomic E-state index is 8.99. The van der Waals surface area contributed by atoms with Crippen molar-refractivity contribution in [3.05, 3.63) is 0 Å². The predicted molar refractivity (Wildman–Crippen MR) is 47.6 cm³/mol. The van der Waals surface area contributed by atoms with E-state index >= 15 is 0 Å². The first-order chi connectivity index (χ1) is 5.54. The van der Waals surface area contributed by atoms with Crippen molar-refractivity contribution in [2.75, 3.05) is 13.2 Å². The third-order valence-corrected chi connectivity index (χ3v) is 3.59. The Morgan fingerprint density at radius 1 is 1.25 bits per heavy atom. The fourth-order valence-corrected chi connectivity index (χ4v) is 2.83. The highest BCUT2D eigenvalue weighted by Crippen LogP contribution is 2.10. The molecule has 0 aliphatic rings. The molecule has 0 fully saturated rings. The molecule has 12 heavy (non-hydrogen) atoms. The second-order valence-electron chi connectivity index (χ2n) is 2.45. The fraction of sp³-hybridized carbons (Fsp3) is 1.00. The van der Waals surface area contributed by atoms with Gasteiger partial charge >= 0.3 is 8.80 Å². The van der Waals surface area contributed by atoms with Gasteiger partial charge in [-0.25, -0.2) is 0 Å². The molecule has 4 nitrogen and oxygen atoms in total. The summed E-state index contributed by atoms with van der Waals surface area (Å²) in [7, 11) is -2.56. The standard InChI is InChI=1S/C7H18O4Si/c1-5-9-12(4,10-6-2)11-7(3)8/h7-8H,5-6H2,1-4H3. The molecule has 0 aliphatic carbocycles. The van der Waals surface area contributed by atoms with Gasteiger partial charge in [0.25, 0.3) is 0 Å². The lowest BCUT2D eigenvalue weighted by molar-refractivity contribution is -0.0614. The topological polar surface area (TPSA) is 47.9 Å². The van der Waals surface area contributed by atoms with E-state index < -0.39 is 15.1 Å². The van der Waals surface area contributed by atoms with Gasteiger partial charge in [-0.1, -0.05) is 0 Å². The average molecular weight is 194 g/mol. The highest BCUT2D eigenvalue weighted by atomic mass is 28.4. The molecule has 0 spiro atoms. The van der Waals surface area contributed by atoms with Crippen LogP contribution in [0.5, 0.6) is 0 Å². The number of hydrogen-bond donors (Lipinski definition) is 1. The van der Waals surface area contributed by atoms with Crippen LogP contribution in [0.3, 0.4) is 0 Å². The molecule has 0 heterocycles. The molecule has 1 N–H and O–H groups in total. The Balaban J connectivity index is 3.98. The van der Waals surface area contributed by atoms with Gasteiger partial charge in [-0.3, -0.25) is 0 Å². The normalized spacial score (nSPS) is 14.8. The third kappa shape index (κ3) is 4.84. The van der Waals surface area contributed by atoms with Crippen molar-refractivity contribution in [1.29, 1.82) is 0 Å². The van der Waals surface area contributed by atoms with Gasteiger partial charge in [-0.15, -0.1) is 0 Å². The lowest BCUT2D eigenvalue weighted by Crippen LogP contribution is -2.45. The van der Waals surface area contributed by atoms with Crippen molar-refractivity contribution in [2.24, 2.45) is 0 Å². The summed E-state index contributed by atoms with van der Waals surface area (Å²) in [5, 5.41) is 8.99. The van der Waals surface area contributed by atoms with Crippen LogP contribution in [0.25, 0.3) is 0 Å². The van der Waals surface area contributed by atoms with Crippen LogP contribution in [0.15, 0.2) is 0 Å². The van der Waals surface area contributed by atoms with E-state index in [1.165, 1.54) is 0 Å². The van der Waals surface area contributed by atoms with Crippen LogP contribution in [0.1, 0.15) is 20.8 Å². The van der Waals surface area contributed by atoms with E-state index in [1.54, 1.807) is 13.5 Å². The van der Waals surface area contributed by atoms with Crippen molar-refractivity contribution in [3.63, 3.8) is 0 Å². The zero-order valence-electron chi connectivity index (χ0n) is 8.16. The van der Waals surface area contributed by atoms with E-state index in [4.69, 9.17) is 18.4 Å². The maximum Gasteiger partial charge on any atom is 0.499 e. The molecule has 0 bridgehead atoms. The Kier molecular flexibility index (Phi) is 5.69. The SMILES string of the molecule is CCO[Si](C)(OCC)OC(C)O. The Labute approximate surface area is 74.8 Å². The molecule has 0 aliphatic heterocycles. The maximum atomic E-state index is 8.99. The molecule has 0 radical (unpaired) electrons. The molecule has 0 rings (SSSR count). The van der Waals surface area contributed by atoms with Crippen LogP contribution in [0.2, 0.25) is 6.55 Å². The Hall–Kier alpha value is 0.0569. The molecule has 0 saturated carbocycles. The largest absolute Gasteiger partial charge is 0.499 e. The quantitative estimate of drug-likeness (QED) is 0.506. The van der Waals surface area contributed by atoms with E-state index in [0.717, 1.165) is 0 Å². The van der Waals surface area contributed by atoms with E-state index in [1.807, 2.05) is 13.8 Å². The molecular weight excluding hydrogens is 176 g/mol. The average Bonchev–Trinajstić information content (AvgIpc) is 1.85. The fourth-order valence-electron chi connectivity index (χ4n) is 0.944. The minimum absolute atomic E-state index is 0.537. The van der Waals surface area contributed by atoms with Crippen LogP contribution in [0.4, 0.5) is 0 Å². The molecule has 0 saturated heterocycles. The molecule has 0 aromatic rings. The van der Waals surface area contributed by atoms with E-state index in [-0.39, 0.29) is 0 Å². The number of aliphatic hydroxyl groups is 1. The summed E-state index contributed by atoms with van der Waals surface area (Å²) in [4.78, 5) is 0. The first kappa shape index (κ1) is 12.1. The van der Waals surface area contributed by atoms with Gasteiger partial charge in [0.15, 0.2) is 0 Å². The summed E-state index contributed by atoms with van der Waals surface area (Å²) < 4.78 is 15.8. The van der Waals surface area contributed by atoms with Crippen LogP contribution < -0.4 is 0 Å². The molecule has 1 unspecified atom stereocenters. The smallest absolute Gasteiger partial charge is 0.374 e. The van der Waals surface area contributed by atoms with Crippen LogP contribution in [-0.4, -0.2) is 33.4 Å². The van der Waals surface area contributed by atoms with Gasteiger partial charge < -0.3 is 18.4 Å². The van der Waals surface area contributed by atoms with Gasteiger partial charge in [-0.05, 0) is 20.8 Å². The number of hydrogen-bond acceptors (Lipinski definition) is 4. The highest BCUT2D eigenvalue weighted by Gasteiger charge is 2.35. The monoisotopic (exact) mass is 194 g/mol. The summed E-state index contributed by atoms with van der Waals surface area (Å²) in [6, 6.07) is 0. The third-order valence-electron chi connectivity index (χ3n) is 1.20. The first-order valence-corrected chi connectivity index (χ1v) is 6.40. The first-order valence-electron chi connectivity index (χ1n) is 4.18. The number of rotatable bonds is 6. The van der Waals surface area contributed by atoms with Gasteiger partial charge in [0.05, 0.1) is 0 Å². The van der Waals surface area contributed by atoms with Crippen LogP contribution >= 0.6 is 0 Å².